The van der Waals surface area contributed by atoms with Gasteiger partial charge in [0.2, 0.25) is 10.0 Å². The van der Waals surface area contributed by atoms with Gasteiger partial charge in [-0.05, 0) is 25.0 Å². The van der Waals surface area contributed by atoms with Gasteiger partial charge in [-0.3, -0.25) is 0 Å². The van der Waals surface area contributed by atoms with Gasteiger partial charge < -0.3 is 10.5 Å². The Morgan fingerprint density at radius 2 is 2.24 bits per heavy atom. The third-order valence-electron chi connectivity index (χ3n) is 3.72. The Morgan fingerprint density at radius 1 is 1.52 bits per heavy atom. The average molecular weight is 337 g/mol. The second-order valence-electron chi connectivity index (χ2n) is 4.94. The van der Waals surface area contributed by atoms with Crippen LogP contribution in [0.5, 0.6) is 0 Å². The summed E-state index contributed by atoms with van der Waals surface area (Å²) in [6.07, 6.45) is 1.01. The van der Waals surface area contributed by atoms with E-state index in [2.05, 4.69) is 0 Å². The van der Waals surface area contributed by atoms with Crippen molar-refractivity contribution < 1.29 is 17.5 Å². The molecule has 1 aliphatic rings. The molecule has 2 unspecified atom stereocenters. The Bertz CT molecular complexity index is 611. The largest absolute Gasteiger partial charge is 0.381 e. The lowest BCUT2D eigenvalue weighted by Crippen LogP contribution is -2.51. The summed E-state index contributed by atoms with van der Waals surface area (Å²) in [5.41, 5.74) is 5.67. The third-order valence-corrected chi connectivity index (χ3v) is 5.98. The Labute approximate surface area is 128 Å². The number of methoxy groups -OCH3 is 1. The highest BCUT2D eigenvalue weighted by atomic mass is 35.5. The van der Waals surface area contributed by atoms with Crippen LogP contribution in [-0.2, 0) is 14.8 Å². The quantitative estimate of drug-likeness (QED) is 0.906. The molecule has 0 amide bonds. The van der Waals surface area contributed by atoms with Gasteiger partial charge in [0, 0.05) is 26.2 Å². The molecule has 1 aromatic carbocycles. The van der Waals surface area contributed by atoms with Crippen LogP contribution in [0, 0.1) is 5.82 Å². The first-order valence-corrected chi connectivity index (χ1v) is 8.42. The van der Waals surface area contributed by atoms with E-state index >= 15 is 0 Å². The van der Waals surface area contributed by atoms with Crippen molar-refractivity contribution in [3.8, 4) is 0 Å². The van der Waals surface area contributed by atoms with E-state index in [1.54, 1.807) is 7.11 Å². The van der Waals surface area contributed by atoms with Gasteiger partial charge in [0.15, 0.2) is 5.82 Å². The molecule has 0 spiro atoms. The van der Waals surface area contributed by atoms with Gasteiger partial charge in [-0.2, -0.15) is 4.31 Å². The molecule has 0 aliphatic carbocycles. The van der Waals surface area contributed by atoms with Crippen molar-refractivity contribution in [3.63, 3.8) is 0 Å². The van der Waals surface area contributed by atoms with Crippen molar-refractivity contribution >= 4 is 21.6 Å². The predicted octanol–water partition coefficient (Wildman–Crippen LogP) is 1.61. The van der Waals surface area contributed by atoms with E-state index in [0.29, 0.717) is 12.8 Å². The lowest BCUT2D eigenvalue weighted by atomic mass is 10.0. The van der Waals surface area contributed by atoms with Crippen LogP contribution in [-0.4, -0.2) is 45.1 Å². The molecule has 1 aliphatic heterocycles. The Kier molecular flexibility index (Phi) is 5.21. The van der Waals surface area contributed by atoms with Crippen molar-refractivity contribution in [1.82, 2.24) is 4.31 Å². The van der Waals surface area contributed by atoms with Crippen molar-refractivity contribution in [1.29, 1.82) is 0 Å². The molecule has 0 radical (unpaired) electrons. The van der Waals surface area contributed by atoms with E-state index in [1.165, 1.54) is 22.5 Å². The van der Waals surface area contributed by atoms with Gasteiger partial charge in [0.05, 0.1) is 11.1 Å². The first-order valence-electron chi connectivity index (χ1n) is 6.60. The minimum atomic E-state index is -3.97. The monoisotopic (exact) mass is 336 g/mol. The van der Waals surface area contributed by atoms with Crippen LogP contribution in [0.3, 0.4) is 0 Å². The number of nitrogens with zero attached hydrogens (tertiary/aromatic N) is 1. The molecule has 0 bridgehead atoms. The number of piperidine rings is 1. The number of halogens is 2. The number of hydrogen-bond donors (Lipinski definition) is 1. The van der Waals surface area contributed by atoms with Gasteiger partial charge in [-0.15, -0.1) is 0 Å². The van der Waals surface area contributed by atoms with Crippen molar-refractivity contribution in [2.24, 2.45) is 5.73 Å². The maximum atomic E-state index is 14.0. The van der Waals surface area contributed by atoms with Crippen LogP contribution in [0.1, 0.15) is 12.8 Å². The van der Waals surface area contributed by atoms with Gasteiger partial charge in [0.25, 0.3) is 0 Å². The molecule has 0 saturated carbocycles. The fraction of sp³-hybridized carbons (Fsp3) is 0.538. The fourth-order valence-corrected chi connectivity index (χ4v) is 4.53. The summed E-state index contributed by atoms with van der Waals surface area (Å²) >= 11 is 5.67. The van der Waals surface area contributed by atoms with E-state index in [0.717, 1.165) is 0 Å². The zero-order valence-corrected chi connectivity index (χ0v) is 13.2. The summed E-state index contributed by atoms with van der Waals surface area (Å²) in [5.74, 6) is -0.927. The zero-order valence-electron chi connectivity index (χ0n) is 11.6. The number of rotatable bonds is 4. The van der Waals surface area contributed by atoms with Crippen LogP contribution in [0.25, 0.3) is 0 Å². The Balaban J connectivity index is 2.37. The lowest BCUT2D eigenvalue weighted by Gasteiger charge is -2.37. The van der Waals surface area contributed by atoms with Crippen molar-refractivity contribution in [2.45, 2.75) is 29.9 Å². The highest BCUT2D eigenvalue weighted by Crippen LogP contribution is 2.29. The zero-order chi connectivity index (χ0) is 15.6. The molecular formula is C13H18ClFN2O3S. The van der Waals surface area contributed by atoms with E-state index in [1.807, 2.05) is 0 Å². The lowest BCUT2D eigenvalue weighted by molar-refractivity contribution is 0.0401. The highest BCUT2D eigenvalue weighted by molar-refractivity contribution is 7.89. The van der Waals surface area contributed by atoms with Crippen LogP contribution in [0.15, 0.2) is 23.1 Å². The predicted molar refractivity (Wildman–Crippen MR) is 78.2 cm³/mol. The highest BCUT2D eigenvalue weighted by Gasteiger charge is 2.37. The summed E-state index contributed by atoms with van der Waals surface area (Å²) in [6, 6.07) is 3.53. The van der Waals surface area contributed by atoms with E-state index in [9.17, 15) is 12.8 Å². The number of benzene rings is 1. The fourth-order valence-electron chi connectivity index (χ4n) is 2.55. The summed E-state index contributed by atoms with van der Waals surface area (Å²) < 4.78 is 45.9. The number of nitrogens with two attached hydrogens (primary N) is 1. The first kappa shape index (κ1) is 16.6. The molecule has 118 valence electrons. The minimum Gasteiger partial charge on any atom is -0.381 e. The molecule has 2 N–H and O–H groups in total. The molecule has 0 aromatic heterocycles. The number of hydrogen-bond acceptors (Lipinski definition) is 4. The average Bonchev–Trinajstić information content (AvgIpc) is 2.49. The summed E-state index contributed by atoms with van der Waals surface area (Å²) in [5, 5.41) is -0.216. The van der Waals surface area contributed by atoms with Crippen LogP contribution in [0.2, 0.25) is 5.02 Å². The van der Waals surface area contributed by atoms with Crippen LogP contribution >= 0.6 is 11.6 Å². The SMILES string of the molecule is COC1CCN(S(=O)(=O)c2cccc(Cl)c2F)C(CN)C1. The second kappa shape index (κ2) is 6.58. The molecule has 5 nitrogen and oxygen atoms in total. The molecule has 2 rings (SSSR count). The molecule has 1 heterocycles. The molecule has 21 heavy (non-hydrogen) atoms. The van der Waals surface area contributed by atoms with E-state index in [-0.39, 0.29) is 24.2 Å². The van der Waals surface area contributed by atoms with Crippen molar-refractivity contribution in [2.75, 3.05) is 20.2 Å². The Morgan fingerprint density at radius 3 is 2.86 bits per heavy atom. The third kappa shape index (κ3) is 3.22. The summed E-state index contributed by atoms with van der Waals surface area (Å²) in [4.78, 5) is -0.413. The second-order valence-corrected chi connectivity index (χ2v) is 7.21. The molecule has 1 fully saturated rings. The maximum absolute atomic E-state index is 14.0. The smallest absolute Gasteiger partial charge is 0.246 e. The summed E-state index contributed by atoms with van der Waals surface area (Å²) in [7, 11) is -2.39. The minimum absolute atomic E-state index is 0.0331. The first-order chi connectivity index (χ1) is 9.91. The van der Waals surface area contributed by atoms with Crippen LogP contribution < -0.4 is 5.73 Å². The standard InChI is InChI=1S/C13H18ClFN2O3S/c1-20-10-5-6-17(9(7-10)8-16)21(18,19)12-4-2-3-11(14)13(12)15/h2-4,9-10H,5-8,16H2,1H3. The van der Waals surface area contributed by atoms with Crippen LogP contribution in [0.4, 0.5) is 4.39 Å². The molecule has 1 aromatic rings. The topological polar surface area (TPSA) is 72.6 Å². The van der Waals surface area contributed by atoms with E-state index < -0.39 is 26.8 Å². The molecular weight excluding hydrogens is 319 g/mol. The number of sulfonamides is 1. The normalized spacial score (nSPS) is 24.2. The van der Waals surface area contributed by atoms with Gasteiger partial charge in [-0.25, -0.2) is 12.8 Å². The van der Waals surface area contributed by atoms with E-state index in [4.69, 9.17) is 22.1 Å². The van der Waals surface area contributed by atoms with Gasteiger partial charge >= 0.3 is 0 Å². The number of ether oxygens (including phenoxy) is 1. The maximum Gasteiger partial charge on any atom is 0.246 e. The van der Waals surface area contributed by atoms with Gasteiger partial charge in [-0.1, -0.05) is 17.7 Å². The Hall–Kier alpha value is -0.730. The molecule has 2 atom stereocenters. The molecule has 1 saturated heterocycles. The summed E-state index contributed by atoms with van der Waals surface area (Å²) in [6.45, 7) is 0.399. The van der Waals surface area contributed by atoms with Crippen molar-refractivity contribution in [3.05, 3.63) is 29.0 Å². The van der Waals surface area contributed by atoms with Gasteiger partial charge in [0.1, 0.15) is 4.90 Å². The molecule has 8 heteroatoms.